The highest BCUT2D eigenvalue weighted by atomic mass is 16.9. The van der Waals surface area contributed by atoms with E-state index >= 15 is 0 Å². The molecule has 0 aliphatic carbocycles. The summed E-state index contributed by atoms with van der Waals surface area (Å²) in [7, 11) is 0. The third-order valence-corrected chi connectivity index (χ3v) is 5.85. The fourth-order valence-corrected chi connectivity index (χ4v) is 5.20. The Morgan fingerprint density at radius 2 is 0.645 bits per heavy atom. The minimum absolute atomic E-state index is 0.0878. The molecule has 0 aromatic rings. The number of hydrogen-bond acceptors (Lipinski definition) is 4. The van der Waals surface area contributed by atoms with Crippen molar-refractivity contribution in [3.63, 3.8) is 0 Å². The molecule has 2 rings (SSSR count). The predicted octanol–water partition coefficient (Wildman–Crippen LogP) is 7.52. The molecule has 2 aliphatic heterocycles. The molecule has 4 nitrogen and oxygen atoms in total. The molecule has 2 fully saturated rings. The van der Waals surface area contributed by atoms with E-state index in [9.17, 15) is 0 Å². The Morgan fingerprint density at radius 1 is 0.452 bits per heavy atom. The summed E-state index contributed by atoms with van der Waals surface area (Å²) in [6, 6.07) is 0. The fourth-order valence-electron chi connectivity index (χ4n) is 5.20. The second-order valence-corrected chi connectivity index (χ2v) is 15.1. The van der Waals surface area contributed by atoms with Crippen molar-refractivity contribution in [3.05, 3.63) is 0 Å². The Morgan fingerprint density at radius 3 is 0.806 bits per heavy atom. The standard InChI is InChI=1S/C26H52BO4/c1-23(2,3)15-19-13-20(16-24(4,5)6)29-27(28-19)30-21(17-25(7,8)9)14-22(31-27)18-26(10,11)12/h19-22H,13-18H2,1-12H3/q-1. The highest BCUT2D eigenvalue weighted by Crippen LogP contribution is 2.42. The largest absolute Gasteiger partial charge is 0.532 e. The zero-order valence-electron chi connectivity index (χ0n) is 22.8. The Hall–Kier alpha value is -0.0951. The number of rotatable bonds is 4. The van der Waals surface area contributed by atoms with E-state index in [1.165, 1.54) is 0 Å². The SMILES string of the molecule is CC(C)(C)CC1CC(CC(C)(C)C)O[B-]2(O1)OC(CC(C)(C)C)CC(CC(C)(C)C)O2. The van der Waals surface area contributed by atoms with Gasteiger partial charge in [-0.05, 0) is 60.2 Å². The maximum atomic E-state index is 6.62. The molecule has 0 saturated carbocycles. The highest BCUT2D eigenvalue weighted by Gasteiger charge is 2.49. The molecule has 0 bridgehead atoms. The van der Waals surface area contributed by atoms with Crippen LogP contribution in [0.2, 0.25) is 0 Å². The molecule has 0 amide bonds. The topological polar surface area (TPSA) is 36.9 Å². The summed E-state index contributed by atoms with van der Waals surface area (Å²) in [5.41, 5.74) is 0.706. The van der Waals surface area contributed by atoms with Crippen LogP contribution in [0.4, 0.5) is 0 Å². The van der Waals surface area contributed by atoms with Crippen LogP contribution in [0.5, 0.6) is 0 Å². The zero-order chi connectivity index (χ0) is 23.9. The van der Waals surface area contributed by atoms with Crippen LogP contribution in [-0.4, -0.2) is 31.4 Å². The normalized spacial score (nSPS) is 33.7. The molecule has 31 heavy (non-hydrogen) atoms. The van der Waals surface area contributed by atoms with Gasteiger partial charge in [0, 0.05) is 24.4 Å². The second-order valence-electron chi connectivity index (χ2n) is 15.1. The van der Waals surface area contributed by atoms with Crippen molar-refractivity contribution in [2.45, 2.75) is 146 Å². The lowest BCUT2D eigenvalue weighted by Gasteiger charge is -2.58. The lowest BCUT2D eigenvalue weighted by molar-refractivity contribution is -0.182. The molecule has 0 aromatic heterocycles. The van der Waals surface area contributed by atoms with Crippen LogP contribution in [0.3, 0.4) is 0 Å². The van der Waals surface area contributed by atoms with Gasteiger partial charge in [0.1, 0.15) is 0 Å². The average molecular weight is 440 g/mol. The van der Waals surface area contributed by atoms with Crippen LogP contribution in [0.25, 0.3) is 0 Å². The van der Waals surface area contributed by atoms with Gasteiger partial charge >= 0.3 is 6.96 Å². The molecule has 2 aliphatic rings. The molecule has 0 radical (unpaired) electrons. The molecule has 4 unspecified atom stereocenters. The summed E-state index contributed by atoms with van der Waals surface area (Å²) in [5.74, 6) is 0. The molecular formula is C26H52BO4-. The van der Waals surface area contributed by atoms with Gasteiger partial charge in [-0.1, -0.05) is 83.1 Å². The van der Waals surface area contributed by atoms with Crippen molar-refractivity contribution in [1.29, 1.82) is 0 Å². The molecular weight excluding hydrogens is 387 g/mol. The predicted molar refractivity (Wildman–Crippen MR) is 131 cm³/mol. The van der Waals surface area contributed by atoms with Gasteiger partial charge in [0.15, 0.2) is 0 Å². The minimum atomic E-state index is -2.21. The van der Waals surface area contributed by atoms with Crippen molar-refractivity contribution in [2.75, 3.05) is 0 Å². The maximum Gasteiger partial charge on any atom is 0.532 e. The fraction of sp³-hybridized carbons (Fsp3) is 1.00. The molecule has 184 valence electrons. The van der Waals surface area contributed by atoms with E-state index in [2.05, 4.69) is 83.1 Å². The van der Waals surface area contributed by atoms with Crippen molar-refractivity contribution in [2.24, 2.45) is 21.7 Å². The van der Waals surface area contributed by atoms with E-state index in [0.717, 1.165) is 38.5 Å². The van der Waals surface area contributed by atoms with E-state index in [1.807, 2.05) is 0 Å². The summed E-state index contributed by atoms with van der Waals surface area (Å²) in [6.07, 6.45) is 6.05. The monoisotopic (exact) mass is 439 g/mol. The van der Waals surface area contributed by atoms with Crippen molar-refractivity contribution < 1.29 is 18.6 Å². The van der Waals surface area contributed by atoms with Gasteiger partial charge in [-0.3, -0.25) is 0 Å². The molecule has 5 heteroatoms. The second kappa shape index (κ2) is 9.27. The van der Waals surface area contributed by atoms with Crippen molar-refractivity contribution in [3.8, 4) is 0 Å². The van der Waals surface area contributed by atoms with Crippen molar-refractivity contribution >= 4 is 6.96 Å². The van der Waals surface area contributed by atoms with Crippen LogP contribution >= 0.6 is 0 Å². The first-order valence-electron chi connectivity index (χ1n) is 12.6. The Kier molecular flexibility index (Phi) is 8.12. The Labute approximate surface area is 193 Å². The van der Waals surface area contributed by atoms with E-state index in [-0.39, 0.29) is 46.1 Å². The van der Waals surface area contributed by atoms with Crippen LogP contribution in [0.15, 0.2) is 0 Å². The lowest BCUT2D eigenvalue weighted by atomic mass is 9.78. The first-order valence-corrected chi connectivity index (χ1v) is 12.6. The van der Waals surface area contributed by atoms with Crippen LogP contribution < -0.4 is 0 Å². The van der Waals surface area contributed by atoms with Gasteiger partial charge in [0.2, 0.25) is 0 Å². The van der Waals surface area contributed by atoms with Gasteiger partial charge in [0.05, 0.1) is 0 Å². The third kappa shape index (κ3) is 10.1. The number of hydrogen-bond donors (Lipinski definition) is 0. The quantitative estimate of drug-likeness (QED) is 0.425. The smallest absolute Gasteiger partial charge is 0.516 e. The molecule has 2 heterocycles. The van der Waals surface area contributed by atoms with Crippen molar-refractivity contribution in [1.82, 2.24) is 0 Å². The molecule has 2 saturated heterocycles. The lowest BCUT2D eigenvalue weighted by Crippen LogP contribution is -2.64. The van der Waals surface area contributed by atoms with E-state index in [0.29, 0.717) is 0 Å². The molecule has 4 atom stereocenters. The zero-order valence-corrected chi connectivity index (χ0v) is 22.8. The summed E-state index contributed by atoms with van der Waals surface area (Å²) >= 11 is 0. The summed E-state index contributed by atoms with van der Waals surface area (Å²) < 4.78 is 26.5. The molecule has 0 N–H and O–H groups in total. The highest BCUT2D eigenvalue weighted by molar-refractivity contribution is 6.54. The Balaban J connectivity index is 2.32. The van der Waals surface area contributed by atoms with Crippen LogP contribution in [-0.2, 0) is 18.6 Å². The molecule has 1 spiro atoms. The first-order chi connectivity index (χ1) is 13.7. The van der Waals surface area contributed by atoms with Gasteiger partial charge in [0.25, 0.3) is 0 Å². The van der Waals surface area contributed by atoms with E-state index < -0.39 is 6.96 Å². The summed E-state index contributed by atoms with van der Waals surface area (Å²) in [4.78, 5) is 0. The van der Waals surface area contributed by atoms with E-state index in [4.69, 9.17) is 18.6 Å². The maximum absolute atomic E-state index is 6.62. The Bertz CT molecular complexity index is 473. The van der Waals surface area contributed by atoms with Crippen LogP contribution in [0, 0.1) is 21.7 Å². The van der Waals surface area contributed by atoms with Gasteiger partial charge in [-0.25, -0.2) is 0 Å². The minimum Gasteiger partial charge on any atom is -0.516 e. The third-order valence-electron chi connectivity index (χ3n) is 5.85. The van der Waals surface area contributed by atoms with Gasteiger partial charge < -0.3 is 18.6 Å². The first kappa shape index (κ1) is 27.2. The summed E-state index contributed by atoms with van der Waals surface area (Å²) in [5, 5.41) is 0. The van der Waals surface area contributed by atoms with Gasteiger partial charge in [-0.15, -0.1) is 0 Å². The van der Waals surface area contributed by atoms with E-state index in [1.54, 1.807) is 0 Å². The summed E-state index contributed by atoms with van der Waals surface area (Å²) in [6.45, 7) is 25.1. The average Bonchev–Trinajstić information content (AvgIpc) is 2.36. The van der Waals surface area contributed by atoms with Gasteiger partial charge in [-0.2, -0.15) is 0 Å². The van der Waals surface area contributed by atoms with Crippen LogP contribution in [0.1, 0.15) is 122 Å². The molecule has 0 aromatic carbocycles.